The smallest absolute Gasteiger partial charge is 0.494 e. The van der Waals surface area contributed by atoms with E-state index in [0.717, 1.165) is 0 Å². The average Bonchev–Trinajstić information content (AvgIpc) is 3.44. The highest BCUT2D eigenvalue weighted by Crippen LogP contribution is 2.32. The van der Waals surface area contributed by atoms with Crippen LogP contribution in [0.5, 0.6) is 17.2 Å². The number of rotatable bonds is 14. The number of hydroxylamine groups is 2. The van der Waals surface area contributed by atoms with Crippen molar-refractivity contribution >= 4 is 23.8 Å². The minimum atomic E-state index is -0.974. The van der Waals surface area contributed by atoms with E-state index in [2.05, 4.69) is 5.32 Å². The third-order valence-corrected chi connectivity index (χ3v) is 7.67. The summed E-state index contributed by atoms with van der Waals surface area (Å²) in [6.45, 7) is 8.34. The van der Waals surface area contributed by atoms with Gasteiger partial charge in [-0.3, -0.25) is 9.59 Å². The first-order valence-electron chi connectivity index (χ1n) is 16.2. The van der Waals surface area contributed by atoms with Gasteiger partial charge < -0.3 is 43.3 Å². The van der Waals surface area contributed by atoms with E-state index in [1.54, 1.807) is 46.8 Å². The van der Waals surface area contributed by atoms with Crippen LogP contribution in [0.3, 0.4) is 0 Å². The summed E-state index contributed by atoms with van der Waals surface area (Å²) < 4.78 is 52.2. The van der Waals surface area contributed by atoms with E-state index in [-0.39, 0.29) is 54.9 Å². The van der Waals surface area contributed by atoms with Gasteiger partial charge in [-0.25, -0.2) is 14.0 Å². The number of methoxy groups -OCH3 is 3. The van der Waals surface area contributed by atoms with E-state index in [1.807, 2.05) is 0 Å². The second-order valence-corrected chi connectivity index (χ2v) is 12.8. The van der Waals surface area contributed by atoms with Gasteiger partial charge in [-0.2, -0.15) is 0 Å². The number of halogens is 1. The summed E-state index contributed by atoms with van der Waals surface area (Å²) in [7, 11) is 4.16. The summed E-state index contributed by atoms with van der Waals surface area (Å²) in [6, 6.07) is 10.6. The van der Waals surface area contributed by atoms with Gasteiger partial charge in [-0.05, 0) is 82.1 Å². The first kappa shape index (κ1) is 39.5. The fraction of sp³-hybridized carbons (Fsp3) is 0.405. The topological polar surface area (TPSA) is 157 Å². The van der Waals surface area contributed by atoms with Gasteiger partial charge in [0.05, 0.1) is 31.8 Å². The molecule has 0 bridgehead atoms. The number of hydrogen-bond donors (Lipinski definition) is 1. The van der Waals surface area contributed by atoms with Crippen LogP contribution in [0.2, 0.25) is 0 Å². The molecular weight excluding hydrogens is 683 g/mol. The Morgan fingerprint density at radius 1 is 0.827 bits per heavy atom. The largest absolute Gasteiger partial charge is 0.528 e. The van der Waals surface area contributed by atoms with Crippen molar-refractivity contribution in [1.82, 2.24) is 10.4 Å². The molecule has 3 aromatic carbocycles. The van der Waals surface area contributed by atoms with Crippen molar-refractivity contribution in [3.05, 3.63) is 87.7 Å². The average molecular weight is 727 g/mol. The zero-order valence-corrected chi connectivity index (χ0v) is 30.3. The lowest BCUT2D eigenvalue weighted by molar-refractivity contribution is -0.134. The van der Waals surface area contributed by atoms with Crippen LogP contribution in [0.4, 0.5) is 9.18 Å². The molecule has 1 aliphatic heterocycles. The molecule has 1 N–H and O–H groups in total. The molecule has 15 heteroatoms. The first-order chi connectivity index (χ1) is 24.6. The lowest BCUT2D eigenvalue weighted by Gasteiger charge is -2.21. The van der Waals surface area contributed by atoms with Gasteiger partial charge in [0.15, 0.2) is 30.9 Å². The fourth-order valence-electron chi connectivity index (χ4n) is 5.38. The number of amides is 1. The van der Waals surface area contributed by atoms with Crippen molar-refractivity contribution in [1.29, 1.82) is 0 Å². The third-order valence-electron chi connectivity index (χ3n) is 7.67. The number of ketones is 1. The van der Waals surface area contributed by atoms with Gasteiger partial charge in [0.1, 0.15) is 28.8 Å². The van der Waals surface area contributed by atoms with E-state index >= 15 is 4.39 Å². The summed E-state index contributed by atoms with van der Waals surface area (Å²) in [6.07, 6.45) is -1.94. The standard InChI is InChI=1S/C37H43FN2O12/c1-21-15-25(16-22(2)33(21)49-20-46-7)34(42)39-26-17-40(52-36(44)51-37(3,4)5)18-29(26)50-35(43)24-11-9-23(10-12-24)32(41)30-27(48-19-45-6)13-14-28(47-8)31(30)38/h9-16,26,29H,17-20H2,1-8H3,(H,39,42). The van der Waals surface area contributed by atoms with Gasteiger partial charge in [0.25, 0.3) is 5.91 Å². The molecule has 52 heavy (non-hydrogen) atoms. The number of nitrogens with zero attached hydrogens (tertiary/aromatic N) is 1. The molecule has 14 nitrogen and oxygen atoms in total. The van der Waals surface area contributed by atoms with Crippen LogP contribution in [-0.4, -0.2) is 94.6 Å². The highest BCUT2D eigenvalue weighted by molar-refractivity contribution is 6.11. The van der Waals surface area contributed by atoms with Crippen LogP contribution in [0, 0.1) is 19.7 Å². The second kappa shape index (κ2) is 17.3. The summed E-state index contributed by atoms with van der Waals surface area (Å²) in [5.41, 5.74) is 0.674. The first-order valence-corrected chi connectivity index (χ1v) is 16.2. The van der Waals surface area contributed by atoms with Crippen molar-refractivity contribution < 1.29 is 61.6 Å². The number of benzene rings is 3. The number of aryl methyl sites for hydroxylation is 2. The Hall–Kier alpha value is -5.25. The maximum Gasteiger partial charge on any atom is 0.528 e. The molecule has 2 atom stereocenters. The molecule has 1 aliphatic rings. The number of esters is 1. The van der Waals surface area contributed by atoms with E-state index in [1.165, 1.54) is 62.8 Å². The molecule has 1 heterocycles. The van der Waals surface area contributed by atoms with E-state index < -0.39 is 47.4 Å². The van der Waals surface area contributed by atoms with E-state index in [0.29, 0.717) is 22.4 Å². The van der Waals surface area contributed by atoms with Gasteiger partial charge in [0, 0.05) is 25.3 Å². The van der Waals surface area contributed by atoms with Crippen LogP contribution in [0.25, 0.3) is 0 Å². The van der Waals surface area contributed by atoms with Gasteiger partial charge in [-0.15, -0.1) is 5.06 Å². The van der Waals surface area contributed by atoms with E-state index in [4.69, 9.17) is 38.0 Å². The van der Waals surface area contributed by atoms with Crippen molar-refractivity contribution in [2.75, 3.05) is 48.0 Å². The molecule has 1 amide bonds. The Labute approximate surface area is 300 Å². The molecule has 0 radical (unpaired) electrons. The zero-order chi connectivity index (χ0) is 38.2. The Morgan fingerprint density at radius 3 is 2.02 bits per heavy atom. The normalized spacial score (nSPS) is 15.8. The molecule has 1 saturated heterocycles. The molecule has 0 aromatic heterocycles. The lowest BCUT2D eigenvalue weighted by Crippen LogP contribution is -2.44. The number of hydrogen-bond acceptors (Lipinski definition) is 13. The molecule has 0 saturated carbocycles. The number of carbonyl (C=O) groups is 4. The third kappa shape index (κ3) is 9.96. The van der Waals surface area contributed by atoms with E-state index in [9.17, 15) is 19.2 Å². The van der Waals surface area contributed by atoms with Crippen LogP contribution in [-0.2, 0) is 23.8 Å². The molecule has 280 valence electrons. The maximum absolute atomic E-state index is 15.2. The summed E-state index contributed by atoms with van der Waals surface area (Å²) in [5.74, 6) is -2.51. The molecular formula is C37H43FN2O12. The number of ether oxygens (including phenoxy) is 7. The number of carbonyl (C=O) groups excluding carboxylic acids is 4. The molecule has 0 spiro atoms. The molecule has 3 aromatic rings. The van der Waals surface area contributed by atoms with Gasteiger partial charge in [0.2, 0.25) is 0 Å². The molecule has 4 rings (SSSR count). The van der Waals surface area contributed by atoms with Crippen molar-refractivity contribution in [3.63, 3.8) is 0 Å². The molecule has 0 aliphatic carbocycles. The van der Waals surface area contributed by atoms with Crippen LogP contribution >= 0.6 is 0 Å². The van der Waals surface area contributed by atoms with Crippen molar-refractivity contribution in [2.24, 2.45) is 0 Å². The SMILES string of the molecule is COCOc1ccc(OC)c(F)c1C(=O)c1ccc(C(=O)OC2CN(OC(=O)OC(C)(C)C)CC2NC(=O)c2cc(C)c(OCOC)c(C)c2)cc1. The Bertz CT molecular complexity index is 1750. The van der Waals surface area contributed by atoms with Crippen LogP contribution < -0.4 is 19.5 Å². The quantitative estimate of drug-likeness (QED) is 0.132. The zero-order valence-electron chi connectivity index (χ0n) is 30.3. The van der Waals surface area contributed by atoms with Crippen molar-refractivity contribution in [3.8, 4) is 17.2 Å². The minimum Gasteiger partial charge on any atom is -0.494 e. The highest BCUT2D eigenvalue weighted by atomic mass is 19.1. The lowest BCUT2D eigenvalue weighted by atomic mass is 10.00. The predicted octanol–water partition coefficient (Wildman–Crippen LogP) is 5.15. The van der Waals surface area contributed by atoms with Crippen LogP contribution in [0.1, 0.15) is 68.5 Å². The summed E-state index contributed by atoms with van der Waals surface area (Å²) in [5, 5.41) is 4.12. The van der Waals surface area contributed by atoms with Crippen molar-refractivity contribution in [2.45, 2.75) is 52.4 Å². The monoisotopic (exact) mass is 726 g/mol. The minimum absolute atomic E-state index is 0.0249. The Morgan fingerprint density at radius 2 is 1.42 bits per heavy atom. The summed E-state index contributed by atoms with van der Waals surface area (Å²) in [4.78, 5) is 58.1. The Kier molecular flexibility index (Phi) is 13.2. The highest BCUT2D eigenvalue weighted by Gasteiger charge is 2.40. The van der Waals surface area contributed by atoms with Gasteiger partial charge >= 0.3 is 12.1 Å². The molecule has 2 unspecified atom stereocenters. The van der Waals surface area contributed by atoms with Gasteiger partial charge in [-0.1, -0.05) is 12.1 Å². The predicted molar refractivity (Wildman–Crippen MR) is 183 cm³/mol. The fourth-order valence-corrected chi connectivity index (χ4v) is 5.38. The van der Waals surface area contributed by atoms with Crippen LogP contribution in [0.15, 0.2) is 48.5 Å². The number of nitrogens with one attached hydrogen (secondary N) is 1. The Balaban J connectivity index is 1.53. The maximum atomic E-state index is 15.2. The summed E-state index contributed by atoms with van der Waals surface area (Å²) >= 11 is 0. The molecule has 1 fully saturated rings. The second-order valence-electron chi connectivity index (χ2n) is 12.8.